The maximum atomic E-state index is 9.08. The van der Waals surface area contributed by atoms with Crippen LogP contribution in [0, 0.1) is 5.92 Å². The summed E-state index contributed by atoms with van der Waals surface area (Å²) in [6, 6.07) is 0.821. The van der Waals surface area contributed by atoms with E-state index < -0.39 is 0 Å². The van der Waals surface area contributed by atoms with Crippen molar-refractivity contribution in [2.75, 3.05) is 26.7 Å². The standard InChI is InChI=1S/C12H28N2O/c1-10(2)8-14(11(3)4)7-6-12(9-15)13-5/h10-13,15H,6-9H2,1-5H3. The molecule has 0 aliphatic heterocycles. The molecule has 0 bridgehead atoms. The van der Waals surface area contributed by atoms with Gasteiger partial charge >= 0.3 is 0 Å². The Balaban J connectivity index is 3.94. The lowest BCUT2D eigenvalue weighted by molar-refractivity contribution is 0.171. The van der Waals surface area contributed by atoms with Gasteiger partial charge in [0, 0.05) is 18.6 Å². The van der Waals surface area contributed by atoms with Crippen molar-refractivity contribution < 1.29 is 5.11 Å². The molecular formula is C12H28N2O. The zero-order valence-corrected chi connectivity index (χ0v) is 11.0. The first kappa shape index (κ1) is 14.9. The van der Waals surface area contributed by atoms with Crippen LogP contribution in [-0.2, 0) is 0 Å². The van der Waals surface area contributed by atoms with Gasteiger partial charge in [0.2, 0.25) is 0 Å². The maximum Gasteiger partial charge on any atom is 0.0585 e. The zero-order chi connectivity index (χ0) is 11.8. The molecule has 0 rings (SSSR count). The van der Waals surface area contributed by atoms with Gasteiger partial charge in [0.15, 0.2) is 0 Å². The number of aliphatic hydroxyl groups is 1. The average molecular weight is 216 g/mol. The fourth-order valence-corrected chi connectivity index (χ4v) is 1.68. The van der Waals surface area contributed by atoms with Crippen LogP contribution in [0.2, 0.25) is 0 Å². The molecule has 0 aromatic rings. The van der Waals surface area contributed by atoms with Crippen LogP contribution in [0.5, 0.6) is 0 Å². The van der Waals surface area contributed by atoms with Crippen molar-refractivity contribution in [3.63, 3.8) is 0 Å². The predicted octanol–water partition coefficient (Wildman–Crippen LogP) is 1.32. The predicted molar refractivity (Wildman–Crippen MR) is 66.1 cm³/mol. The number of hydrogen-bond acceptors (Lipinski definition) is 3. The van der Waals surface area contributed by atoms with Gasteiger partial charge in [-0.05, 0) is 39.8 Å². The second-order valence-electron chi connectivity index (χ2n) is 4.94. The summed E-state index contributed by atoms with van der Waals surface area (Å²) in [5, 5.41) is 12.2. The van der Waals surface area contributed by atoms with E-state index in [1.165, 1.54) is 0 Å². The second kappa shape index (κ2) is 8.08. The van der Waals surface area contributed by atoms with Gasteiger partial charge in [-0.25, -0.2) is 0 Å². The molecule has 0 radical (unpaired) electrons. The quantitative estimate of drug-likeness (QED) is 0.642. The molecule has 0 aromatic heterocycles. The molecule has 15 heavy (non-hydrogen) atoms. The molecule has 0 spiro atoms. The van der Waals surface area contributed by atoms with Crippen molar-refractivity contribution in [3.8, 4) is 0 Å². The first-order valence-electron chi connectivity index (χ1n) is 6.03. The van der Waals surface area contributed by atoms with Crippen LogP contribution in [0.4, 0.5) is 0 Å². The van der Waals surface area contributed by atoms with E-state index in [1.54, 1.807) is 0 Å². The van der Waals surface area contributed by atoms with Gasteiger partial charge < -0.3 is 15.3 Å². The lowest BCUT2D eigenvalue weighted by atomic mass is 10.1. The van der Waals surface area contributed by atoms with Gasteiger partial charge in [0.25, 0.3) is 0 Å². The third-order valence-electron chi connectivity index (χ3n) is 2.72. The molecular weight excluding hydrogens is 188 g/mol. The highest BCUT2D eigenvalue weighted by atomic mass is 16.3. The summed E-state index contributed by atoms with van der Waals surface area (Å²) in [6.45, 7) is 11.4. The van der Waals surface area contributed by atoms with E-state index in [2.05, 4.69) is 37.9 Å². The van der Waals surface area contributed by atoms with Crippen LogP contribution in [0.25, 0.3) is 0 Å². The van der Waals surface area contributed by atoms with Crippen molar-refractivity contribution in [1.29, 1.82) is 0 Å². The number of aliphatic hydroxyl groups excluding tert-OH is 1. The number of hydrogen-bond donors (Lipinski definition) is 2. The monoisotopic (exact) mass is 216 g/mol. The first-order valence-corrected chi connectivity index (χ1v) is 6.03. The molecule has 0 heterocycles. The van der Waals surface area contributed by atoms with Gasteiger partial charge in [-0.2, -0.15) is 0 Å². The van der Waals surface area contributed by atoms with Gasteiger partial charge in [-0.1, -0.05) is 13.8 Å². The molecule has 1 unspecified atom stereocenters. The van der Waals surface area contributed by atoms with Gasteiger partial charge in [0.1, 0.15) is 0 Å². The summed E-state index contributed by atoms with van der Waals surface area (Å²) < 4.78 is 0. The van der Waals surface area contributed by atoms with Crippen LogP contribution in [0.1, 0.15) is 34.1 Å². The Hall–Kier alpha value is -0.120. The Morgan fingerprint density at radius 3 is 2.13 bits per heavy atom. The van der Waals surface area contributed by atoms with E-state index in [9.17, 15) is 0 Å². The number of rotatable bonds is 8. The third-order valence-corrected chi connectivity index (χ3v) is 2.72. The Morgan fingerprint density at radius 1 is 1.20 bits per heavy atom. The molecule has 0 aliphatic carbocycles. The number of likely N-dealkylation sites (N-methyl/N-ethyl adjacent to an activating group) is 1. The molecule has 0 saturated carbocycles. The number of nitrogens with zero attached hydrogens (tertiary/aromatic N) is 1. The van der Waals surface area contributed by atoms with Crippen LogP contribution in [0.15, 0.2) is 0 Å². The minimum absolute atomic E-state index is 0.226. The molecule has 2 N–H and O–H groups in total. The average Bonchev–Trinajstić information content (AvgIpc) is 2.16. The van der Waals surface area contributed by atoms with E-state index in [0.29, 0.717) is 12.0 Å². The van der Waals surface area contributed by atoms with E-state index >= 15 is 0 Å². The van der Waals surface area contributed by atoms with Crippen molar-refractivity contribution in [1.82, 2.24) is 10.2 Å². The fourth-order valence-electron chi connectivity index (χ4n) is 1.68. The summed E-state index contributed by atoms with van der Waals surface area (Å²) in [4.78, 5) is 2.48. The fraction of sp³-hybridized carbons (Fsp3) is 1.00. The molecule has 1 atom stereocenters. The minimum Gasteiger partial charge on any atom is -0.395 e. The third kappa shape index (κ3) is 6.88. The smallest absolute Gasteiger partial charge is 0.0585 e. The first-order chi connectivity index (χ1) is 7.01. The largest absolute Gasteiger partial charge is 0.395 e. The summed E-state index contributed by atoms with van der Waals surface area (Å²) in [7, 11) is 1.91. The second-order valence-corrected chi connectivity index (χ2v) is 4.94. The molecule has 0 amide bonds. The molecule has 0 fully saturated rings. The molecule has 3 heteroatoms. The van der Waals surface area contributed by atoms with Crippen molar-refractivity contribution in [2.45, 2.75) is 46.2 Å². The minimum atomic E-state index is 0.226. The van der Waals surface area contributed by atoms with E-state index in [0.717, 1.165) is 19.5 Å². The highest BCUT2D eigenvalue weighted by Crippen LogP contribution is 2.06. The summed E-state index contributed by atoms with van der Waals surface area (Å²) in [5.41, 5.74) is 0. The normalized spacial score (nSPS) is 14.2. The van der Waals surface area contributed by atoms with Crippen molar-refractivity contribution >= 4 is 0 Å². The number of nitrogens with one attached hydrogen (secondary N) is 1. The topological polar surface area (TPSA) is 35.5 Å². The molecule has 92 valence electrons. The Labute approximate surface area is 94.9 Å². The summed E-state index contributed by atoms with van der Waals surface area (Å²) in [6.07, 6.45) is 1.01. The summed E-state index contributed by atoms with van der Waals surface area (Å²) >= 11 is 0. The molecule has 0 aromatic carbocycles. The lowest BCUT2D eigenvalue weighted by Gasteiger charge is -2.29. The van der Waals surface area contributed by atoms with Crippen LogP contribution in [0.3, 0.4) is 0 Å². The van der Waals surface area contributed by atoms with Crippen molar-refractivity contribution in [2.24, 2.45) is 5.92 Å². The SMILES string of the molecule is CNC(CO)CCN(CC(C)C)C(C)C. The lowest BCUT2D eigenvalue weighted by Crippen LogP contribution is -2.39. The van der Waals surface area contributed by atoms with Crippen LogP contribution < -0.4 is 5.32 Å². The van der Waals surface area contributed by atoms with Crippen LogP contribution >= 0.6 is 0 Å². The Bertz CT molecular complexity index is 145. The summed E-state index contributed by atoms with van der Waals surface area (Å²) in [5.74, 6) is 0.703. The Kier molecular flexibility index (Phi) is 8.02. The van der Waals surface area contributed by atoms with E-state index in [-0.39, 0.29) is 12.6 Å². The van der Waals surface area contributed by atoms with E-state index in [1.807, 2.05) is 7.05 Å². The van der Waals surface area contributed by atoms with Gasteiger partial charge in [-0.15, -0.1) is 0 Å². The molecule has 3 nitrogen and oxygen atoms in total. The van der Waals surface area contributed by atoms with Gasteiger partial charge in [-0.3, -0.25) is 0 Å². The van der Waals surface area contributed by atoms with Crippen LogP contribution in [-0.4, -0.2) is 48.8 Å². The molecule has 0 aliphatic rings. The highest BCUT2D eigenvalue weighted by molar-refractivity contribution is 4.70. The Morgan fingerprint density at radius 2 is 1.80 bits per heavy atom. The zero-order valence-electron chi connectivity index (χ0n) is 11.0. The van der Waals surface area contributed by atoms with Gasteiger partial charge in [0.05, 0.1) is 6.61 Å². The highest BCUT2D eigenvalue weighted by Gasteiger charge is 2.13. The maximum absolute atomic E-state index is 9.08. The van der Waals surface area contributed by atoms with E-state index in [4.69, 9.17) is 5.11 Å². The van der Waals surface area contributed by atoms with Crippen molar-refractivity contribution in [3.05, 3.63) is 0 Å². The molecule has 0 saturated heterocycles.